The second-order valence-electron chi connectivity index (χ2n) is 5.07. The van der Waals surface area contributed by atoms with Crippen molar-refractivity contribution in [3.63, 3.8) is 0 Å². The van der Waals surface area contributed by atoms with Gasteiger partial charge in [0.25, 0.3) is 0 Å². The molecule has 2 unspecified atom stereocenters. The number of rotatable bonds is 6. The van der Waals surface area contributed by atoms with Crippen LogP contribution in [0.15, 0.2) is 24.3 Å². The third-order valence-corrected chi connectivity index (χ3v) is 4.36. The highest BCUT2D eigenvalue weighted by Crippen LogP contribution is 2.28. The molecule has 0 saturated heterocycles. The van der Waals surface area contributed by atoms with Crippen LogP contribution in [0.5, 0.6) is 5.75 Å². The Balaban J connectivity index is 1.91. The van der Waals surface area contributed by atoms with Crippen molar-refractivity contribution in [2.24, 2.45) is 0 Å². The third-order valence-electron chi connectivity index (χ3n) is 3.65. The predicted molar refractivity (Wildman–Crippen MR) is 84.4 cm³/mol. The van der Waals surface area contributed by atoms with Gasteiger partial charge >= 0.3 is 0 Å². The number of ether oxygens (including phenoxy) is 1. The van der Waals surface area contributed by atoms with Gasteiger partial charge in [-0.1, -0.05) is 19.1 Å². The van der Waals surface area contributed by atoms with E-state index < -0.39 is 0 Å². The lowest BCUT2D eigenvalue weighted by Gasteiger charge is -2.33. The molecule has 0 saturated carbocycles. The minimum atomic E-state index is 0.232. The van der Waals surface area contributed by atoms with Crippen molar-refractivity contribution in [3.8, 4) is 5.75 Å². The van der Waals surface area contributed by atoms with E-state index in [1.165, 1.54) is 12.2 Å². The van der Waals surface area contributed by atoms with E-state index in [2.05, 4.69) is 36.5 Å². The Morgan fingerprint density at radius 2 is 2.26 bits per heavy atom. The molecule has 2 rings (SSSR count). The van der Waals surface area contributed by atoms with Crippen molar-refractivity contribution < 1.29 is 4.74 Å². The molecule has 0 aliphatic carbocycles. The molecule has 0 amide bonds. The van der Waals surface area contributed by atoms with Crippen molar-refractivity contribution in [2.45, 2.75) is 25.5 Å². The molecular weight excluding hydrogens is 256 g/mol. The number of likely N-dealkylation sites (N-methyl/N-ethyl adjacent to an activating group) is 1. The Bertz CT molecular complexity index is 399. The number of anilines is 1. The summed E-state index contributed by atoms with van der Waals surface area (Å²) in [4.78, 5) is 2.43. The van der Waals surface area contributed by atoms with E-state index in [0.29, 0.717) is 6.04 Å². The molecule has 19 heavy (non-hydrogen) atoms. The van der Waals surface area contributed by atoms with Crippen molar-refractivity contribution in [3.05, 3.63) is 24.3 Å². The largest absolute Gasteiger partial charge is 0.485 e. The monoisotopic (exact) mass is 280 g/mol. The zero-order chi connectivity index (χ0) is 13.7. The lowest BCUT2D eigenvalue weighted by atomic mass is 10.2. The van der Waals surface area contributed by atoms with Gasteiger partial charge in [-0.3, -0.25) is 4.90 Å². The molecule has 1 aromatic carbocycles. The zero-order valence-corrected chi connectivity index (χ0v) is 12.9. The summed E-state index contributed by atoms with van der Waals surface area (Å²) in [6.45, 7) is 4.12. The van der Waals surface area contributed by atoms with Gasteiger partial charge in [0.1, 0.15) is 11.9 Å². The van der Waals surface area contributed by atoms with Crippen LogP contribution in [-0.2, 0) is 0 Å². The first-order valence-corrected chi connectivity index (χ1v) is 8.32. The van der Waals surface area contributed by atoms with Crippen molar-refractivity contribution in [2.75, 3.05) is 37.5 Å². The minimum Gasteiger partial charge on any atom is -0.485 e. The Morgan fingerprint density at radius 1 is 1.47 bits per heavy atom. The van der Waals surface area contributed by atoms with Crippen LogP contribution >= 0.6 is 11.8 Å². The SMILES string of the molecule is CCC(CSC)N(C)CC1CNc2ccccc2O1. The molecular formula is C15H24N2OS. The van der Waals surface area contributed by atoms with Crippen LogP contribution in [0.4, 0.5) is 5.69 Å². The van der Waals surface area contributed by atoms with E-state index in [0.717, 1.165) is 24.5 Å². The number of fused-ring (bicyclic) bond motifs is 1. The van der Waals surface area contributed by atoms with Crippen molar-refractivity contribution >= 4 is 17.4 Å². The maximum absolute atomic E-state index is 6.06. The molecule has 0 radical (unpaired) electrons. The Kier molecular flexibility index (Phi) is 5.40. The van der Waals surface area contributed by atoms with E-state index in [9.17, 15) is 0 Å². The fourth-order valence-corrected chi connectivity index (χ4v) is 3.36. The van der Waals surface area contributed by atoms with E-state index in [1.54, 1.807) is 0 Å². The Morgan fingerprint density at radius 3 is 3.00 bits per heavy atom. The smallest absolute Gasteiger partial charge is 0.142 e. The summed E-state index contributed by atoms with van der Waals surface area (Å²) in [5, 5.41) is 3.45. The molecule has 1 heterocycles. The summed E-state index contributed by atoms with van der Waals surface area (Å²) in [6.07, 6.45) is 3.59. The number of thioether (sulfide) groups is 1. The second-order valence-corrected chi connectivity index (χ2v) is 5.98. The first-order chi connectivity index (χ1) is 9.24. The fraction of sp³-hybridized carbons (Fsp3) is 0.600. The van der Waals surface area contributed by atoms with E-state index in [1.807, 2.05) is 30.0 Å². The molecule has 3 nitrogen and oxygen atoms in total. The Labute approximate surface area is 120 Å². The van der Waals surface area contributed by atoms with Crippen LogP contribution in [-0.4, -0.2) is 49.2 Å². The Hall–Kier alpha value is -0.870. The van der Waals surface area contributed by atoms with Gasteiger partial charge < -0.3 is 10.1 Å². The molecule has 0 bridgehead atoms. The number of hydrogen-bond acceptors (Lipinski definition) is 4. The molecule has 1 aliphatic heterocycles. The van der Waals surface area contributed by atoms with Gasteiger partial charge in [-0.25, -0.2) is 0 Å². The summed E-state index contributed by atoms with van der Waals surface area (Å²) in [6, 6.07) is 8.80. The summed E-state index contributed by atoms with van der Waals surface area (Å²) in [5.41, 5.74) is 1.11. The molecule has 106 valence electrons. The lowest BCUT2D eigenvalue weighted by molar-refractivity contribution is 0.130. The highest BCUT2D eigenvalue weighted by Gasteiger charge is 2.22. The van der Waals surface area contributed by atoms with Gasteiger partial charge in [-0.15, -0.1) is 0 Å². The summed E-state index contributed by atoms with van der Waals surface area (Å²) < 4.78 is 6.06. The van der Waals surface area contributed by atoms with Crippen LogP contribution in [0.25, 0.3) is 0 Å². The molecule has 1 N–H and O–H groups in total. The van der Waals surface area contributed by atoms with Gasteiger partial charge in [-0.2, -0.15) is 11.8 Å². The number of hydrogen-bond donors (Lipinski definition) is 1. The number of benzene rings is 1. The van der Waals surface area contributed by atoms with Crippen LogP contribution < -0.4 is 10.1 Å². The molecule has 0 fully saturated rings. The average Bonchev–Trinajstić information content (AvgIpc) is 2.44. The molecule has 0 spiro atoms. The molecule has 4 heteroatoms. The van der Waals surface area contributed by atoms with E-state index in [-0.39, 0.29) is 6.10 Å². The average molecular weight is 280 g/mol. The lowest BCUT2D eigenvalue weighted by Crippen LogP contribution is -2.44. The van der Waals surface area contributed by atoms with Crippen molar-refractivity contribution in [1.82, 2.24) is 4.90 Å². The van der Waals surface area contributed by atoms with Gasteiger partial charge in [0.2, 0.25) is 0 Å². The normalized spacial score (nSPS) is 19.5. The van der Waals surface area contributed by atoms with Crippen LogP contribution in [0.1, 0.15) is 13.3 Å². The number of para-hydroxylation sites is 2. The maximum Gasteiger partial charge on any atom is 0.142 e. The van der Waals surface area contributed by atoms with Gasteiger partial charge in [-0.05, 0) is 31.9 Å². The topological polar surface area (TPSA) is 24.5 Å². The van der Waals surface area contributed by atoms with E-state index in [4.69, 9.17) is 4.74 Å². The third kappa shape index (κ3) is 3.80. The fourth-order valence-electron chi connectivity index (χ4n) is 2.48. The van der Waals surface area contributed by atoms with E-state index >= 15 is 0 Å². The first kappa shape index (κ1) is 14.5. The van der Waals surface area contributed by atoms with Crippen LogP contribution in [0.2, 0.25) is 0 Å². The van der Waals surface area contributed by atoms with Gasteiger partial charge in [0.15, 0.2) is 0 Å². The molecule has 1 aliphatic rings. The standard InChI is InChI=1S/C15H24N2OS/c1-4-12(11-19-3)17(2)10-13-9-16-14-7-5-6-8-15(14)18-13/h5-8,12-13,16H,4,9-11H2,1-3H3. The predicted octanol–water partition coefficient (Wildman–Crippen LogP) is 2.93. The molecule has 1 aromatic rings. The highest BCUT2D eigenvalue weighted by molar-refractivity contribution is 7.98. The first-order valence-electron chi connectivity index (χ1n) is 6.93. The number of nitrogens with zero attached hydrogens (tertiary/aromatic N) is 1. The summed E-state index contributed by atoms with van der Waals surface area (Å²) >= 11 is 1.92. The zero-order valence-electron chi connectivity index (χ0n) is 12.1. The molecule has 2 atom stereocenters. The quantitative estimate of drug-likeness (QED) is 0.866. The van der Waals surface area contributed by atoms with Crippen molar-refractivity contribution in [1.29, 1.82) is 0 Å². The number of nitrogens with one attached hydrogen (secondary N) is 1. The van der Waals surface area contributed by atoms with Crippen LogP contribution in [0.3, 0.4) is 0 Å². The van der Waals surface area contributed by atoms with Gasteiger partial charge in [0.05, 0.1) is 12.2 Å². The van der Waals surface area contributed by atoms with Crippen LogP contribution in [0, 0.1) is 0 Å². The maximum atomic E-state index is 6.06. The second kappa shape index (κ2) is 7.06. The molecule has 0 aromatic heterocycles. The minimum absolute atomic E-state index is 0.232. The highest BCUT2D eigenvalue weighted by atomic mass is 32.2. The van der Waals surface area contributed by atoms with Gasteiger partial charge in [0, 0.05) is 18.3 Å². The summed E-state index contributed by atoms with van der Waals surface area (Å²) in [7, 11) is 2.20. The summed E-state index contributed by atoms with van der Waals surface area (Å²) in [5.74, 6) is 2.16.